The van der Waals surface area contributed by atoms with Crippen molar-refractivity contribution in [2.24, 2.45) is 5.73 Å². The van der Waals surface area contributed by atoms with Crippen molar-refractivity contribution in [2.45, 2.75) is 20.0 Å². The van der Waals surface area contributed by atoms with Crippen LogP contribution in [0.25, 0.3) is 0 Å². The van der Waals surface area contributed by atoms with Crippen molar-refractivity contribution in [3.8, 4) is 5.75 Å². The number of ether oxygens (including phenoxy) is 1. The summed E-state index contributed by atoms with van der Waals surface area (Å²) in [5.41, 5.74) is 8.02. The Morgan fingerprint density at radius 3 is 2.89 bits per heavy atom. The number of benzene rings is 1. The van der Waals surface area contributed by atoms with E-state index in [1.807, 2.05) is 30.3 Å². The monoisotopic (exact) mass is 255 g/mol. The summed E-state index contributed by atoms with van der Waals surface area (Å²) < 4.78 is 5.73. The number of amidine groups is 1. The molecule has 0 bridgehead atoms. The van der Waals surface area contributed by atoms with Crippen molar-refractivity contribution in [3.63, 3.8) is 0 Å². The summed E-state index contributed by atoms with van der Waals surface area (Å²) in [6.07, 6.45) is 2.60. The lowest BCUT2D eigenvalue weighted by atomic mass is 10.1. The van der Waals surface area contributed by atoms with E-state index in [0.717, 1.165) is 17.7 Å². The van der Waals surface area contributed by atoms with E-state index in [1.165, 1.54) is 5.56 Å². The maximum atomic E-state index is 7.48. The number of hydrogen-bond donors (Lipinski definition) is 2. The fourth-order valence-electron chi connectivity index (χ4n) is 1.81. The molecule has 0 spiro atoms. The highest BCUT2D eigenvalue weighted by molar-refractivity contribution is 5.94. The van der Waals surface area contributed by atoms with Crippen LogP contribution in [0.4, 0.5) is 0 Å². The SMILES string of the molecule is CCc1cccc(OCc2cccnc2C(=N)N)c1. The number of pyridine rings is 1. The number of aryl methyl sites for hydroxylation is 1. The maximum absolute atomic E-state index is 7.48. The smallest absolute Gasteiger partial charge is 0.142 e. The molecule has 2 aromatic rings. The molecule has 4 nitrogen and oxygen atoms in total. The summed E-state index contributed by atoms with van der Waals surface area (Å²) in [6, 6.07) is 11.7. The number of aromatic nitrogens is 1. The normalized spacial score (nSPS) is 10.2. The quantitative estimate of drug-likeness (QED) is 0.637. The summed E-state index contributed by atoms with van der Waals surface area (Å²) in [6.45, 7) is 2.46. The predicted octanol–water partition coefficient (Wildman–Crippen LogP) is 2.51. The molecule has 0 saturated carbocycles. The predicted molar refractivity (Wildman–Crippen MR) is 75.4 cm³/mol. The standard InChI is InChI=1S/C15H17N3O/c1-2-11-5-3-7-13(9-11)19-10-12-6-4-8-18-14(12)15(16)17/h3-9H,2,10H2,1H3,(H3,16,17). The molecule has 3 N–H and O–H groups in total. The van der Waals surface area contributed by atoms with Gasteiger partial charge < -0.3 is 10.5 Å². The number of nitrogens with zero attached hydrogens (tertiary/aromatic N) is 1. The van der Waals surface area contributed by atoms with Gasteiger partial charge in [0.05, 0.1) is 0 Å². The van der Waals surface area contributed by atoms with E-state index >= 15 is 0 Å². The Labute approximate surface area is 112 Å². The second-order valence-corrected chi connectivity index (χ2v) is 4.21. The molecule has 0 unspecified atom stereocenters. The number of hydrogen-bond acceptors (Lipinski definition) is 3. The van der Waals surface area contributed by atoms with Crippen LogP contribution in [0.1, 0.15) is 23.7 Å². The summed E-state index contributed by atoms with van der Waals surface area (Å²) >= 11 is 0. The first-order valence-corrected chi connectivity index (χ1v) is 6.20. The minimum absolute atomic E-state index is 0.0403. The van der Waals surface area contributed by atoms with Crippen LogP contribution in [0.5, 0.6) is 5.75 Å². The average molecular weight is 255 g/mol. The van der Waals surface area contributed by atoms with Gasteiger partial charge in [-0.05, 0) is 30.2 Å². The van der Waals surface area contributed by atoms with Gasteiger partial charge in [0.1, 0.15) is 23.9 Å². The molecule has 0 amide bonds. The minimum atomic E-state index is -0.0403. The lowest BCUT2D eigenvalue weighted by Crippen LogP contribution is -2.16. The second-order valence-electron chi connectivity index (χ2n) is 4.21. The van der Waals surface area contributed by atoms with E-state index in [0.29, 0.717) is 12.3 Å². The Morgan fingerprint density at radius 1 is 1.32 bits per heavy atom. The van der Waals surface area contributed by atoms with Crippen LogP contribution in [0.15, 0.2) is 42.6 Å². The molecule has 0 saturated heterocycles. The fraction of sp³-hybridized carbons (Fsp3) is 0.200. The van der Waals surface area contributed by atoms with E-state index < -0.39 is 0 Å². The molecule has 0 radical (unpaired) electrons. The molecule has 0 aliphatic rings. The van der Waals surface area contributed by atoms with E-state index in [9.17, 15) is 0 Å². The zero-order valence-corrected chi connectivity index (χ0v) is 10.9. The van der Waals surface area contributed by atoms with E-state index in [-0.39, 0.29) is 5.84 Å². The highest BCUT2D eigenvalue weighted by atomic mass is 16.5. The van der Waals surface area contributed by atoms with Crippen molar-refractivity contribution in [2.75, 3.05) is 0 Å². The van der Waals surface area contributed by atoms with E-state index in [4.69, 9.17) is 15.9 Å². The summed E-state index contributed by atoms with van der Waals surface area (Å²) in [7, 11) is 0. The van der Waals surface area contributed by atoms with Gasteiger partial charge in [-0.3, -0.25) is 10.4 Å². The summed E-state index contributed by atoms with van der Waals surface area (Å²) in [5, 5.41) is 7.48. The van der Waals surface area contributed by atoms with Crippen molar-refractivity contribution in [1.29, 1.82) is 5.41 Å². The first-order chi connectivity index (χ1) is 9.20. The maximum Gasteiger partial charge on any atom is 0.142 e. The topological polar surface area (TPSA) is 72.0 Å². The average Bonchev–Trinajstić information content (AvgIpc) is 2.45. The van der Waals surface area contributed by atoms with Crippen molar-refractivity contribution in [1.82, 2.24) is 4.98 Å². The van der Waals surface area contributed by atoms with Gasteiger partial charge in [-0.25, -0.2) is 0 Å². The van der Waals surface area contributed by atoms with Gasteiger partial charge in [0.15, 0.2) is 0 Å². The molecule has 0 fully saturated rings. The molecule has 0 aliphatic heterocycles. The lowest BCUT2D eigenvalue weighted by Gasteiger charge is -2.10. The molecule has 98 valence electrons. The zero-order chi connectivity index (χ0) is 13.7. The Morgan fingerprint density at radius 2 is 2.16 bits per heavy atom. The first-order valence-electron chi connectivity index (χ1n) is 6.20. The third kappa shape index (κ3) is 3.31. The molecule has 1 aromatic carbocycles. The highest BCUT2D eigenvalue weighted by Crippen LogP contribution is 2.16. The molecule has 1 heterocycles. The zero-order valence-electron chi connectivity index (χ0n) is 10.9. The van der Waals surface area contributed by atoms with Crippen LogP contribution in [-0.4, -0.2) is 10.8 Å². The largest absolute Gasteiger partial charge is 0.489 e. The van der Waals surface area contributed by atoms with Crippen LogP contribution in [0, 0.1) is 5.41 Å². The fourth-order valence-corrected chi connectivity index (χ4v) is 1.81. The van der Waals surface area contributed by atoms with Gasteiger partial charge in [-0.1, -0.05) is 25.1 Å². The second kappa shape index (κ2) is 6.00. The number of nitrogens with two attached hydrogens (primary N) is 1. The molecular formula is C15H17N3O. The number of rotatable bonds is 5. The lowest BCUT2D eigenvalue weighted by molar-refractivity contribution is 0.305. The molecule has 4 heteroatoms. The Bertz CT molecular complexity index is 581. The van der Waals surface area contributed by atoms with E-state index in [1.54, 1.807) is 6.20 Å². The van der Waals surface area contributed by atoms with Crippen LogP contribution < -0.4 is 10.5 Å². The van der Waals surface area contributed by atoms with Crippen LogP contribution in [0.2, 0.25) is 0 Å². The van der Waals surface area contributed by atoms with Gasteiger partial charge in [-0.15, -0.1) is 0 Å². The molecule has 0 atom stereocenters. The van der Waals surface area contributed by atoms with Crippen molar-refractivity contribution < 1.29 is 4.74 Å². The Kier molecular flexibility index (Phi) is 4.13. The number of nitrogens with one attached hydrogen (secondary N) is 1. The van der Waals surface area contributed by atoms with E-state index in [2.05, 4.69) is 18.0 Å². The van der Waals surface area contributed by atoms with Crippen LogP contribution in [-0.2, 0) is 13.0 Å². The number of nitrogen functional groups attached to an aromatic ring is 1. The third-order valence-electron chi connectivity index (χ3n) is 2.85. The highest BCUT2D eigenvalue weighted by Gasteiger charge is 2.06. The van der Waals surface area contributed by atoms with Gasteiger partial charge in [0, 0.05) is 11.8 Å². The van der Waals surface area contributed by atoms with Crippen molar-refractivity contribution in [3.05, 3.63) is 59.4 Å². The molecule has 2 rings (SSSR count). The van der Waals surface area contributed by atoms with Gasteiger partial charge in [0.2, 0.25) is 0 Å². The molecule has 19 heavy (non-hydrogen) atoms. The van der Waals surface area contributed by atoms with Crippen LogP contribution in [0.3, 0.4) is 0 Å². The molecule has 0 aliphatic carbocycles. The Hall–Kier alpha value is -2.36. The molecular weight excluding hydrogens is 238 g/mol. The third-order valence-corrected chi connectivity index (χ3v) is 2.85. The Balaban J connectivity index is 2.12. The summed E-state index contributed by atoms with van der Waals surface area (Å²) in [4.78, 5) is 4.09. The summed E-state index contributed by atoms with van der Waals surface area (Å²) in [5.74, 6) is 0.777. The minimum Gasteiger partial charge on any atom is -0.489 e. The first kappa shape index (κ1) is 13.1. The van der Waals surface area contributed by atoms with Gasteiger partial charge >= 0.3 is 0 Å². The van der Waals surface area contributed by atoms with Gasteiger partial charge in [0.25, 0.3) is 0 Å². The van der Waals surface area contributed by atoms with Crippen molar-refractivity contribution >= 4 is 5.84 Å². The van der Waals surface area contributed by atoms with Gasteiger partial charge in [-0.2, -0.15) is 0 Å². The molecule has 1 aromatic heterocycles. The van der Waals surface area contributed by atoms with Crippen LogP contribution >= 0.6 is 0 Å².